The molecule has 0 bridgehead atoms. The second-order valence-electron chi connectivity index (χ2n) is 6.70. The van der Waals surface area contributed by atoms with Crippen molar-refractivity contribution in [2.45, 2.75) is 54.9 Å². The Balaban J connectivity index is 1.46. The molecule has 2 heterocycles. The number of carbonyl (C=O) groups excluding carboxylic acids is 1. The maximum absolute atomic E-state index is 12.3. The molecule has 0 radical (unpaired) electrons. The number of hydrogen-bond donors (Lipinski definition) is 1. The summed E-state index contributed by atoms with van der Waals surface area (Å²) in [7, 11) is -1.30. The molecule has 1 amide bonds. The second-order valence-corrected chi connectivity index (χ2v) is 11.1. The number of amides is 1. The summed E-state index contributed by atoms with van der Waals surface area (Å²) in [5, 5.41) is 12.5. The quantitative estimate of drug-likeness (QED) is 0.725. The number of rotatable bonds is 6. The zero-order valence-corrected chi connectivity index (χ0v) is 16.8. The first-order valence-electron chi connectivity index (χ1n) is 8.62. The van der Waals surface area contributed by atoms with Crippen LogP contribution in [-0.4, -0.2) is 65.8 Å². The van der Waals surface area contributed by atoms with Crippen LogP contribution in [0.2, 0.25) is 0 Å². The second kappa shape index (κ2) is 8.22. The van der Waals surface area contributed by atoms with Gasteiger partial charge >= 0.3 is 0 Å². The van der Waals surface area contributed by atoms with Crippen molar-refractivity contribution in [2.24, 2.45) is 0 Å². The van der Waals surface area contributed by atoms with Gasteiger partial charge in [-0.15, -0.1) is 10.2 Å². The van der Waals surface area contributed by atoms with Gasteiger partial charge in [-0.1, -0.05) is 42.4 Å². The zero-order valence-electron chi connectivity index (χ0n) is 14.3. The average molecular weight is 405 g/mol. The molecule has 1 atom stereocenters. The van der Waals surface area contributed by atoms with E-state index in [1.54, 1.807) is 11.9 Å². The van der Waals surface area contributed by atoms with E-state index in [4.69, 9.17) is 0 Å². The average Bonchev–Trinajstić information content (AvgIpc) is 3.19. The zero-order chi connectivity index (χ0) is 17.9. The summed E-state index contributed by atoms with van der Waals surface area (Å²) >= 11 is 2.84. The van der Waals surface area contributed by atoms with Crippen molar-refractivity contribution in [1.82, 2.24) is 15.1 Å². The van der Waals surface area contributed by atoms with E-state index in [-0.39, 0.29) is 29.2 Å². The normalized spacial score (nSPS) is 23.5. The van der Waals surface area contributed by atoms with Gasteiger partial charge in [0.05, 0.1) is 17.3 Å². The van der Waals surface area contributed by atoms with Crippen molar-refractivity contribution in [3.63, 3.8) is 0 Å². The van der Waals surface area contributed by atoms with Crippen molar-refractivity contribution in [1.29, 1.82) is 0 Å². The Morgan fingerprint density at radius 3 is 2.72 bits per heavy atom. The molecule has 1 aliphatic heterocycles. The molecule has 1 aliphatic carbocycles. The van der Waals surface area contributed by atoms with Crippen molar-refractivity contribution in [3.8, 4) is 0 Å². The Kier molecular flexibility index (Phi) is 6.21. The minimum Gasteiger partial charge on any atom is -0.357 e. The summed E-state index contributed by atoms with van der Waals surface area (Å²) in [6.45, 7) is 0. The predicted octanol–water partition coefficient (Wildman–Crippen LogP) is 2.02. The topological polar surface area (TPSA) is 92.3 Å². The molecule has 2 fully saturated rings. The highest BCUT2D eigenvalue weighted by molar-refractivity contribution is 8.01. The standard InChI is InChI=1S/C15H24N4O3S3/c1-19(12-7-8-25(21,22)10-12)13(20)9-23-15-18-17-14(24-15)16-11-5-3-2-4-6-11/h11-12H,2-10H2,1H3,(H,16,17)/t12-/m0/s1. The first-order valence-corrected chi connectivity index (χ1v) is 12.2. The van der Waals surface area contributed by atoms with Gasteiger partial charge in [0.1, 0.15) is 0 Å². The van der Waals surface area contributed by atoms with Gasteiger partial charge in [0, 0.05) is 19.1 Å². The molecule has 1 N–H and O–H groups in total. The van der Waals surface area contributed by atoms with Crippen LogP contribution in [0.25, 0.3) is 0 Å². The van der Waals surface area contributed by atoms with Gasteiger partial charge in [0.25, 0.3) is 0 Å². The Labute approximate surface area is 156 Å². The highest BCUT2D eigenvalue weighted by Crippen LogP contribution is 2.28. The van der Waals surface area contributed by atoms with E-state index in [0.717, 1.165) is 9.47 Å². The van der Waals surface area contributed by atoms with Gasteiger partial charge < -0.3 is 10.2 Å². The number of carbonyl (C=O) groups is 1. The highest BCUT2D eigenvalue weighted by Gasteiger charge is 2.32. The van der Waals surface area contributed by atoms with Gasteiger partial charge in [0.2, 0.25) is 11.0 Å². The van der Waals surface area contributed by atoms with Gasteiger partial charge in [-0.2, -0.15) is 0 Å². The summed E-state index contributed by atoms with van der Waals surface area (Å²) in [5.74, 6) is 0.443. The molecule has 1 saturated carbocycles. The number of thioether (sulfide) groups is 1. The third-order valence-electron chi connectivity index (χ3n) is 4.81. The lowest BCUT2D eigenvalue weighted by molar-refractivity contribution is -0.128. The Hall–Kier alpha value is -0.870. The lowest BCUT2D eigenvalue weighted by atomic mass is 9.96. The van der Waals surface area contributed by atoms with E-state index in [2.05, 4.69) is 15.5 Å². The van der Waals surface area contributed by atoms with Crippen molar-refractivity contribution >= 4 is 44.0 Å². The van der Waals surface area contributed by atoms with Crippen LogP contribution in [-0.2, 0) is 14.6 Å². The third-order valence-corrected chi connectivity index (χ3v) is 8.53. The molecule has 2 aliphatic rings. The number of hydrogen-bond acceptors (Lipinski definition) is 8. The molecule has 3 rings (SSSR count). The number of aromatic nitrogens is 2. The monoisotopic (exact) mass is 404 g/mol. The maximum Gasteiger partial charge on any atom is 0.233 e. The SMILES string of the molecule is CN(C(=O)CSc1nnc(NC2CCCCC2)s1)[C@H]1CCS(=O)(=O)C1. The maximum atomic E-state index is 12.3. The Morgan fingerprint density at radius 1 is 1.28 bits per heavy atom. The number of sulfone groups is 1. The van der Waals surface area contributed by atoms with Crippen LogP contribution in [0.5, 0.6) is 0 Å². The van der Waals surface area contributed by atoms with Gasteiger partial charge in [-0.3, -0.25) is 4.79 Å². The summed E-state index contributed by atoms with van der Waals surface area (Å²) in [6, 6.07) is 0.285. The lowest BCUT2D eigenvalue weighted by Gasteiger charge is -2.23. The van der Waals surface area contributed by atoms with E-state index >= 15 is 0 Å². The highest BCUT2D eigenvalue weighted by atomic mass is 32.2. The molecule has 7 nitrogen and oxygen atoms in total. The van der Waals surface area contributed by atoms with E-state index in [0.29, 0.717) is 12.5 Å². The minimum atomic E-state index is -2.98. The summed E-state index contributed by atoms with van der Waals surface area (Å²) in [4.78, 5) is 13.9. The first-order chi connectivity index (χ1) is 11.9. The molecule has 0 spiro atoms. The molecular weight excluding hydrogens is 380 g/mol. The molecule has 10 heteroatoms. The summed E-state index contributed by atoms with van der Waals surface area (Å²) in [6.07, 6.45) is 6.72. The smallest absolute Gasteiger partial charge is 0.233 e. The molecule has 0 aromatic carbocycles. The van der Waals surface area contributed by atoms with Crippen molar-refractivity contribution in [3.05, 3.63) is 0 Å². The van der Waals surface area contributed by atoms with Crippen molar-refractivity contribution < 1.29 is 13.2 Å². The fraction of sp³-hybridized carbons (Fsp3) is 0.800. The largest absolute Gasteiger partial charge is 0.357 e. The third kappa shape index (κ3) is 5.30. The van der Waals surface area contributed by atoms with Crippen LogP contribution in [0.1, 0.15) is 38.5 Å². The molecule has 140 valence electrons. The molecule has 1 saturated heterocycles. The van der Waals surface area contributed by atoms with Crippen LogP contribution in [0.4, 0.5) is 5.13 Å². The van der Waals surface area contributed by atoms with Crippen LogP contribution in [0.3, 0.4) is 0 Å². The Bertz CT molecular complexity index is 701. The minimum absolute atomic E-state index is 0.0657. The van der Waals surface area contributed by atoms with Gasteiger partial charge in [-0.05, 0) is 19.3 Å². The van der Waals surface area contributed by atoms with E-state index in [1.807, 2.05) is 0 Å². The van der Waals surface area contributed by atoms with E-state index in [1.165, 1.54) is 55.2 Å². The molecule has 25 heavy (non-hydrogen) atoms. The van der Waals surface area contributed by atoms with Crippen LogP contribution in [0.15, 0.2) is 4.34 Å². The lowest BCUT2D eigenvalue weighted by Crippen LogP contribution is -2.38. The fourth-order valence-corrected chi connectivity index (χ4v) is 6.78. The van der Waals surface area contributed by atoms with E-state index in [9.17, 15) is 13.2 Å². The van der Waals surface area contributed by atoms with Gasteiger partial charge in [0.15, 0.2) is 14.2 Å². The van der Waals surface area contributed by atoms with Crippen LogP contribution in [0, 0.1) is 0 Å². The number of nitrogens with zero attached hydrogens (tertiary/aromatic N) is 3. The van der Waals surface area contributed by atoms with Crippen molar-refractivity contribution in [2.75, 3.05) is 29.6 Å². The number of anilines is 1. The Morgan fingerprint density at radius 2 is 2.04 bits per heavy atom. The predicted molar refractivity (Wildman–Crippen MR) is 101 cm³/mol. The molecule has 1 aromatic heterocycles. The molecule has 1 aromatic rings. The first kappa shape index (κ1) is 18.9. The molecule has 0 unspecified atom stereocenters. The van der Waals surface area contributed by atoms with Crippen LogP contribution < -0.4 is 5.32 Å². The van der Waals surface area contributed by atoms with Crippen LogP contribution >= 0.6 is 23.1 Å². The summed E-state index contributed by atoms with van der Waals surface area (Å²) < 4.78 is 23.9. The molecular formula is C15H24N4O3S3. The van der Waals surface area contributed by atoms with E-state index < -0.39 is 9.84 Å². The number of nitrogens with one attached hydrogen (secondary N) is 1. The van der Waals surface area contributed by atoms with Gasteiger partial charge in [-0.25, -0.2) is 8.42 Å². The fourth-order valence-electron chi connectivity index (χ4n) is 3.26. The summed E-state index contributed by atoms with van der Waals surface area (Å²) in [5.41, 5.74) is 0.